The van der Waals surface area contributed by atoms with Gasteiger partial charge in [-0.05, 0) is 84.0 Å². The summed E-state index contributed by atoms with van der Waals surface area (Å²) in [5, 5.41) is 0. The summed E-state index contributed by atoms with van der Waals surface area (Å²) in [6, 6.07) is 0. The zero-order valence-electron chi connectivity index (χ0n) is 16.8. The van der Waals surface area contributed by atoms with Crippen molar-refractivity contribution in [3.05, 3.63) is 0 Å². The molecule has 0 amide bonds. The van der Waals surface area contributed by atoms with Crippen LogP contribution in [0.5, 0.6) is 0 Å². The van der Waals surface area contributed by atoms with Crippen molar-refractivity contribution < 1.29 is 4.74 Å². The highest BCUT2D eigenvalue weighted by Crippen LogP contribution is 2.29. The van der Waals surface area contributed by atoms with E-state index < -0.39 is 0 Å². The summed E-state index contributed by atoms with van der Waals surface area (Å²) in [6.45, 7) is 12.5. The molecule has 0 N–H and O–H groups in total. The molecule has 2 saturated heterocycles. The van der Waals surface area contributed by atoms with Gasteiger partial charge >= 0.3 is 0 Å². The van der Waals surface area contributed by atoms with Crippen molar-refractivity contribution in [1.29, 1.82) is 0 Å². The van der Waals surface area contributed by atoms with Gasteiger partial charge in [-0.25, -0.2) is 0 Å². The molecule has 0 aromatic carbocycles. The molecule has 0 radical (unpaired) electrons. The molecule has 3 rings (SSSR count). The highest BCUT2D eigenvalue weighted by atomic mass is 16.5. The molecule has 4 nitrogen and oxygen atoms in total. The Hall–Kier alpha value is -0.160. The summed E-state index contributed by atoms with van der Waals surface area (Å²) in [5.74, 6) is 0.912. The number of piperidine rings is 1. The van der Waals surface area contributed by atoms with Crippen molar-refractivity contribution >= 4 is 0 Å². The quantitative estimate of drug-likeness (QED) is 0.732. The van der Waals surface area contributed by atoms with Gasteiger partial charge < -0.3 is 19.4 Å². The van der Waals surface area contributed by atoms with E-state index in [2.05, 4.69) is 28.7 Å². The van der Waals surface area contributed by atoms with Crippen LogP contribution in [0.3, 0.4) is 0 Å². The molecule has 1 saturated carbocycles. The van der Waals surface area contributed by atoms with Crippen LogP contribution in [0.15, 0.2) is 0 Å². The Morgan fingerprint density at radius 1 is 0.760 bits per heavy atom. The summed E-state index contributed by atoms with van der Waals surface area (Å²) in [4.78, 5) is 7.84. The van der Waals surface area contributed by atoms with Crippen molar-refractivity contribution in [2.75, 3.05) is 59.4 Å². The lowest BCUT2D eigenvalue weighted by atomic mass is 9.86. The fourth-order valence-electron chi connectivity index (χ4n) is 4.96. The second-order valence-corrected chi connectivity index (χ2v) is 8.78. The maximum atomic E-state index is 6.43. The third-order valence-electron chi connectivity index (χ3n) is 6.58. The second kappa shape index (κ2) is 10.2. The van der Waals surface area contributed by atoms with E-state index in [0.717, 1.165) is 5.92 Å². The van der Waals surface area contributed by atoms with Crippen molar-refractivity contribution in [2.45, 2.75) is 70.5 Å². The van der Waals surface area contributed by atoms with Crippen LogP contribution in [0.25, 0.3) is 0 Å². The number of hydrogen-bond acceptors (Lipinski definition) is 4. The van der Waals surface area contributed by atoms with Gasteiger partial charge in [0.05, 0.1) is 12.2 Å². The maximum Gasteiger partial charge on any atom is 0.0603 e. The lowest BCUT2D eigenvalue weighted by Crippen LogP contribution is -2.38. The first kappa shape index (κ1) is 19.6. The molecule has 0 bridgehead atoms. The molecule has 3 fully saturated rings. The zero-order chi connectivity index (χ0) is 17.5. The minimum Gasteiger partial charge on any atom is -0.375 e. The molecule has 2 aliphatic heterocycles. The third kappa shape index (κ3) is 6.50. The Labute approximate surface area is 155 Å². The van der Waals surface area contributed by atoms with E-state index in [1.165, 1.54) is 104 Å². The van der Waals surface area contributed by atoms with Gasteiger partial charge in [0, 0.05) is 32.7 Å². The van der Waals surface area contributed by atoms with Crippen molar-refractivity contribution in [1.82, 2.24) is 14.7 Å². The Bertz CT molecular complexity index is 362. The normalized spacial score (nSPS) is 31.9. The summed E-state index contributed by atoms with van der Waals surface area (Å²) >= 11 is 0. The van der Waals surface area contributed by atoms with Crippen LogP contribution in [0.4, 0.5) is 0 Å². The Kier molecular flexibility index (Phi) is 8.03. The fourth-order valence-corrected chi connectivity index (χ4v) is 4.96. The van der Waals surface area contributed by atoms with E-state index in [0.29, 0.717) is 12.2 Å². The predicted octanol–water partition coefficient (Wildman–Crippen LogP) is 3.07. The van der Waals surface area contributed by atoms with E-state index in [9.17, 15) is 0 Å². The molecular weight excluding hydrogens is 310 g/mol. The zero-order valence-corrected chi connectivity index (χ0v) is 16.8. The van der Waals surface area contributed by atoms with Crippen LogP contribution >= 0.6 is 0 Å². The van der Waals surface area contributed by atoms with E-state index >= 15 is 0 Å². The molecule has 25 heavy (non-hydrogen) atoms. The molecule has 146 valence electrons. The van der Waals surface area contributed by atoms with Crippen molar-refractivity contribution in [3.8, 4) is 0 Å². The highest BCUT2D eigenvalue weighted by Gasteiger charge is 2.27. The fraction of sp³-hybridized carbons (Fsp3) is 1.00. The van der Waals surface area contributed by atoms with Gasteiger partial charge in [-0.3, -0.25) is 0 Å². The predicted molar refractivity (Wildman–Crippen MR) is 105 cm³/mol. The van der Waals surface area contributed by atoms with Crippen LogP contribution in [0.2, 0.25) is 0 Å². The first-order valence-corrected chi connectivity index (χ1v) is 11.0. The smallest absolute Gasteiger partial charge is 0.0603 e. The molecule has 0 aromatic heterocycles. The minimum absolute atomic E-state index is 0.535. The number of likely N-dealkylation sites (tertiary alicyclic amines) is 1. The largest absolute Gasteiger partial charge is 0.375 e. The van der Waals surface area contributed by atoms with E-state index in [1.807, 2.05) is 0 Å². The number of nitrogens with zero attached hydrogens (tertiary/aromatic N) is 3. The van der Waals surface area contributed by atoms with Gasteiger partial charge in [-0.15, -0.1) is 0 Å². The van der Waals surface area contributed by atoms with Crippen molar-refractivity contribution in [3.63, 3.8) is 0 Å². The van der Waals surface area contributed by atoms with Gasteiger partial charge in [0.1, 0.15) is 0 Å². The first-order valence-electron chi connectivity index (χ1n) is 11.0. The molecule has 0 spiro atoms. The highest BCUT2D eigenvalue weighted by molar-refractivity contribution is 4.79. The van der Waals surface area contributed by atoms with E-state index in [-0.39, 0.29) is 0 Å². The topological polar surface area (TPSA) is 19.0 Å². The molecule has 4 heteroatoms. The second-order valence-electron chi connectivity index (χ2n) is 8.78. The first-order chi connectivity index (χ1) is 12.2. The molecule has 3 aliphatic rings. The summed E-state index contributed by atoms with van der Waals surface area (Å²) in [7, 11) is 2.23. The maximum absolute atomic E-state index is 6.43. The molecule has 0 unspecified atom stereocenters. The Morgan fingerprint density at radius 3 is 2.12 bits per heavy atom. The molecule has 0 aromatic rings. The van der Waals surface area contributed by atoms with Gasteiger partial charge in [-0.2, -0.15) is 0 Å². The van der Waals surface area contributed by atoms with Gasteiger partial charge in [-0.1, -0.05) is 6.92 Å². The average Bonchev–Trinajstić information content (AvgIpc) is 2.84. The summed E-state index contributed by atoms with van der Waals surface area (Å²) < 4.78 is 6.43. The third-order valence-corrected chi connectivity index (χ3v) is 6.58. The molecule has 2 heterocycles. The standard InChI is InChI=1S/C21H41N3O/c1-3-11-23-12-4-13-24(17-16-23)18-19-5-7-20(8-6-19)25-21-9-14-22(2)15-10-21/h19-21H,3-18H2,1-2H3. The Morgan fingerprint density at radius 2 is 1.40 bits per heavy atom. The number of ether oxygens (including phenoxy) is 1. The van der Waals surface area contributed by atoms with Crippen LogP contribution in [-0.2, 0) is 4.74 Å². The van der Waals surface area contributed by atoms with Gasteiger partial charge in [0.2, 0.25) is 0 Å². The molecular formula is C21H41N3O. The monoisotopic (exact) mass is 351 g/mol. The van der Waals surface area contributed by atoms with Crippen LogP contribution < -0.4 is 0 Å². The lowest BCUT2D eigenvalue weighted by molar-refractivity contribution is -0.0598. The Balaban J connectivity index is 1.32. The van der Waals surface area contributed by atoms with Crippen molar-refractivity contribution in [2.24, 2.45) is 5.92 Å². The SMILES string of the molecule is CCCN1CCCN(CC2CCC(OC3CCN(C)CC3)CC2)CC1. The molecule has 1 aliphatic carbocycles. The van der Waals surface area contributed by atoms with Crippen LogP contribution in [-0.4, -0.2) is 86.3 Å². The summed E-state index contributed by atoms with van der Waals surface area (Å²) in [6.07, 6.45) is 11.6. The molecule has 0 atom stereocenters. The lowest BCUT2D eigenvalue weighted by Gasteiger charge is -2.36. The van der Waals surface area contributed by atoms with Gasteiger partial charge in [0.15, 0.2) is 0 Å². The number of hydrogen-bond donors (Lipinski definition) is 0. The van der Waals surface area contributed by atoms with E-state index in [4.69, 9.17) is 4.74 Å². The summed E-state index contributed by atoms with van der Waals surface area (Å²) in [5.41, 5.74) is 0. The van der Waals surface area contributed by atoms with Crippen LogP contribution in [0.1, 0.15) is 58.3 Å². The van der Waals surface area contributed by atoms with Crippen LogP contribution in [0, 0.1) is 5.92 Å². The minimum atomic E-state index is 0.535. The average molecular weight is 352 g/mol. The van der Waals surface area contributed by atoms with Gasteiger partial charge in [0.25, 0.3) is 0 Å². The van der Waals surface area contributed by atoms with E-state index in [1.54, 1.807) is 0 Å². The number of rotatable bonds is 6.